The molecule has 0 saturated carbocycles. The monoisotopic (exact) mass is 270 g/mol. The maximum Gasteiger partial charge on any atom is 0.0594 e. The molecule has 0 unspecified atom stereocenters. The second kappa shape index (κ2) is 4.96. The fraction of sp³-hybridized carbons (Fsp3) is 0.455. The van der Waals surface area contributed by atoms with Crippen molar-refractivity contribution < 1.29 is 4.74 Å². The standard InChI is InChI=1S/C11H15BrN2O/c12-10-2-1-9(11(13)7-10)8-14-3-5-15-6-4-14/h1-2,7H,3-6,8,13H2. The number of nitrogens with zero attached hydrogens (tertiary/aromatic N) is 1. The minimum Gasteiger partial charge on any atom is -0.398 e. The highest BCUT2D eigenvalue weighted by molar-refractivity contribution is 9.10. The molecular formula is C11H15BrN2O. The number of morpholine rings is 1. The molecule has 0 bridgehead atoms. The van der Waals surface area contributed by atoms with Gasteiger partial charge in [0, 0.05) is 29.8 Å². The number of nitrogens with two attached hydrogens (primary N) is 1. The molecule has 1 aliphatic rings. The Kier molecular flexibility index (Phi) is 3.61. The molecule has 1 aromatic rings. The molecule has 2 N–H and O–H groups in total. The summed E-state index contributed by atoms with van der Waals surface area (Å²) < 4.78 is 6.34. The van der Waals surface area contributed by atoms with Gasteiger partial charge in [0.15, 0.2) is 0 Å². The molecule has 0 spiro atoms. The molecule has 82 valence electrons. The van der Waals surface area contributed by atoms with Gasteiger partial charge in [0.25, 0.3) is 0 Å². The summed E-state index contributed by atoms with van der Waals surface area (Å²) in [5, 5.41) is 0. The maximum atomic E-state index is 5.95. The van der Waals surface area contributed by atoms with Crippen molar-refractivity contribution in [2.24, 2.45) is 0 Å². The van der Waals surface area contributed by atoms with E-state index >= 15 is 0 Å². The highest BCUT2D eigenvalue weighted by atomic mass is 79.9. The number of hydrogen-bond acceptors (Lipinski definition) is 3. The van der Waals surface area contributed by atoms with Gasteiger partial charge in [0.2, 0.25) is 0 Å². The van der Waals surface area contributed by atoms with Crippen molar-refractivity contribution in [1.82, 2.24) is 4.90 Å². The molecule has 1 saturated heterocycles. The van der Waals surface area contributed by atoms with Crippen LogP contribution in [0.2, 0.25) is 0 Å². The van der Waals surface area contributed by atoms with E-state index in [0.29, 0.717) is 0 Å². The van der Waals surface area contributed by atoms with Gasteiger partial charge in [0.1, 0.15) is 0 Å². The van der Waals surface area contributed by atoms with Gasteiger partial charge in [-0.3, -0.25) is 4.90 Å². The van der Waals surface area contributed by atoms with E-state index in [1.165, 1.54) is 5.56 Å². The Morgan fingerprint density at radius 3 is 2.73 bits per heavy atom. The lowest BCUT2D eigenvalue weighted by Crippen LogP contribution is -2.35. The SMILES string of the molecule is Nc1cc(Br)ccc1CN1CCOCC1. The highest BCUT2D eigenvalue weighted by Gasteiger charge is 2.11. The van der Waals surface area contributed by atoms with Gasteiger partial charge >= 0.3 is 0 Å². The number of anilines is 1. The molecule has 0 amide bonds. The third-order valence-electron chi connectivity index (χ3n) is 2.61. The third kappa shape index (κ3) is 2.93. The van der Waals surface area contributed by atoms with Crippen molar-refractivity contribution in [1.29, 1.82) is 0 Å². The van der Waals surface area contributed by atoms with Crippen molar-refractivity contribution in [3.8, 4) is 0 Å². The summed E-state index contributed by atoms with van der Waals surface area (Å²) in [5.41, 5.74) is 8.00. The minimum atomic E-state index is 0.830. The third-order valence-corrected chi connectivity index (χ3v) is 3.10. The van der Waals surface area contributed by atoms with E-state index in [0.717, 1.165) is 43.0 Å². The summed E-state index contributed by atoms with van der Waals surface area (Å²) in [7, 11) is 0. The molecule has 15 heavy (non-hydrogen) atoms. The molecule has 1 aromatic carbocycles. The highest BCUT2D eigenvalue weighted by Crippen LogP contribution is 2.20. The fourth-order valence-electron chi connectivity index (χ4n) is 1.71. The van der Waals surface area contributed by atoms with E-state index in [1.54, 1.807) is 0 Å². The summed E-state index contributed by atoms with van der Waals surface area (Å²) in [6, 6.07) is 6.07. The van der Waals surface area contributed by atoms with Crippen LogP contribution in [0.5, 0.6) is 0 Å². The summed E-state index contributed by atoms with van der Waals surface area (Å²) in [4.78, 5) is 2.36. The molecule has 1 aliphatic heterocycles. The van der Waals surface area contributed by atoms with Gasteiger partial charge in [-0.1, -0.05) is 22.0 Å². The minimum absolute atomic E-state index is 0.830. The summed E-state index contributed by atoms with van der Waals surface area (Å²) in [6.45, 7) is 4.57. The smallest absolute Gasteiger partial charge is 0.0594 e. The Morgan fingerprint density at radius 2 is 2.07 bits per heavy atom. The van der Waals surface area contributed by atoms with E-state index < -0.39 is 0 Å². The van der Waals surface area contributed by atoms with E-state index in [2.05, 4.69) is 26.9 Å². The van der Waals surface area contributed by atoms with Crippen molar-refractivity contribution in [3.63, 3.8) is 0 Å². The Labute approximate surface area is 98.3 Å². The van der Waals surface area contributed by atoms with Crippen LogP contribution in [0, 0.1) is 0 Å². The molecule has 2 rings (SSSR count). The van der Waals surface area contributed by atoms with Gasteiger partial charge in [-0.15, -0.1) is 0 Å². The summed E-state index contributed by atoms with van der Waals surface area (Å²) in [5.74, 6) is 0. The molecule has 0 aliphatic carbocycles. The molecule has 4 heteroatoms. The first-order valence-corrected chi connectivity index (χ1v) is 5.89. The van der Waals surface area contributed by atoms with Crippen molar-refractivity contribution >= 4 is 21.6 Å². The molecule has 0 atom stereocenters. The topological polar surface area (TPSA) is 38.5 Å². The average molecular weight is 271 g/mol. The van der Waals surface area contributed by atoms with E-state index in [-0.39, 0.29) is 0 Å². The Morgan fingerprint density at radius 1 is 1.33 bits per heavy atom. The van der Waals surface area contributed by atoms with Crippen LogP contribution < -0.4 is 5.73 Å². The van der Waals surface area contributed by atoms with E-state index in [4.69, 9.17) is 10.5 Å². The van der Waals surface area contributed by atoms with Crippen LogP contribution in [0.3, 0.4) is 0 Å². The Balaban J connectivity index is 2.03. The first kappa shape index (κ1) is 10.9. The number of ether oxygens (including phenoxy) is 1. The zero-order valence-electron chi connectivity index (χ0n) is 8.58. The van der Waals surface area contributed by atoms with Crippen LogP contribution in [0.4, 0.5) is 5.69 Å². The van der Waals surface area contributed by atoms with Crippen LogP contribution in [0.25, 0.3) is 0 Å². The summed E-state index contributed by atoms with van der Waals surface area (Å²) >= 11 is 3.41. The van der Waals surface area contributed by atoms with E-state index in [9.17, 15) is 0 Å². The number of rotatable bonds is 2. The normalized spacial score (nSPS) is 17.9. The van der Waals surface area contributed by atoms with Crippen molar-refractivity contribution in [3.05, 3.63) is 28.2 Å². The molecule has 3 nitrogen and oxygen atoms in total. The zero-order chi connectivity index (χ0) is 10.7. The second-order valence-corrected chi connectivity index (χ2v) is 4.65. The van der Waals surface area contributed by atoms with Gasteiger partial charge in [-0.25, -0.2) is 0 Å². The van der Waals surface area contributed by atoms with Gasteiger partial charge in [0.05, 0.1) is 13.2 Å². The Bertz CT molecular complexity index is 337. The van der Waals surface area contributed by atoms with Crippen molar-refractivity contribution in [2.75, 3.05) is 32.0 Å². The molecule has 1 heterocycles. The second-order valence-electron chi connectivity index (χ2n) is 3.73. The predicted molar refractivity (Wildman–Crippen MR) is 64.7 cm³/mol. The largest absolute Gasteiger partial charge is 0.398 e. The van der Waals surface area contributed by atoms with E-state index in [1.807, 2.05) is 12.1 Å². The van der Waals surface area contributed by atoms with Gasteiger partial charge < -0.3 is 10.5 Å². The Hall–Kier alpha value is -0.580. The van der Waals surface area contributed by atoms with Gasteiger partial charge in [-0.2, -0.15) is 0 Å². The predicted octanol–water partition coefficient (Wildman–Crippen LogP) is 1.86. The molecule has 0 radical (unpaired) electrons. The quantitative estimate of drug-likeness (QED) is 0.834. The van der Waals surface area contributed by atoms with Crippen LogP contribution in [0.1, 0.15) is 5.56 Å². The van der Waals surface area contributed by atoms with Crippen LogP contribution in [-0.4, -0.2) is 31.2 Å². The fourth-order valence-corrected chi connectivity index (χ4v) is 2.09. The van der Waals surface area contributed by atoms with Crippen molar-refractivity contribution in [2.45, 2.75) is 6.54 Å². The van der Waals surface area contributed by atoms with Gasteiger partial charge in [-0.05, 0) is 17.7 Å². The lowest BCUT2D eigenvalue weighted by molar-refractivity contribution is 0.0343. The molecular weight excluding hydrogens is 256 g/mol. The summed E-state index contributed by atoms with van der Waals surface area (Å²) in [6.07, 6.45) is 0. The number of benzene rings is 1. The number of halogens is 1. The maximum absolute atomic E-state index is 5.95. The molecule has 1 fully saturated rings. The lowest BCUT2D eigenvalue weighted by atomic mass is 10.1. The first-order chi connectivity index (χ1) is 7.25. The molecule has 0 aromatic heterocycles. The number of hydrogen-bond donors (Lipinski definition) is 1. The van der Waals surface area contributed by atoms with Crippen LogP contribution in [-0.2, 0) is 11.3 Å². The van der Waals surface area contributed by atoms with Crippen LogP contribution >= 0.6 is 15.9 Å². The average Bonchev–Trinajstić information content (AvgIpc) is 2.24. The van der Waals surface area contributed by atoms with Crippen LogP contribution in [0.15, 0.2) is 22.7 Å². The number of nitrogen functional groups attached to an aromatic ring is 1. The first-order valence-electron chi connectivity index (χ1n) is 5.10. The lowest BCUT2D eigenvalue weighted by Gasteiger charge is -2.27. The zero-order valence-corrected chi connectivity index (χ0v) is 10.2.